The van der Waals surface area contributed by atoms with Crippen molar-refractivity contribution in [1.29, 1.82) is 0 Å². The van der Waals surface area contributed by atoms with Crippen LogP contribution in [0.5, 0.6) is 5.75 Å². The van der Waals surface area contributed by atoms with Gasteiger partial charge < -0.3 is 9.47 Å². The molecule has 0 radical (unpaired) electrons. The first-order valence-electron chi connectivity index (χ1n) is 8.69. The number of hydrogen-bond donors (Lipinski definition) is 0. The molecule has 0 saturated carbocycles. The zero-order valence-corrected chi connectivity index (χ0v) is 16.6. The molecule has 0 fully saturated rings. The van der Waals surface area contributed by atoms with Gasteiger partial charge in [-0.05, 0) is 36.8 Å². The topological polar surface area (TPSA) is 53.4 Å². The maximum absolute atomic E-state index is 12.9. The summed E-state index contributed by atoms with van der Waals surface area (Å²) in [6, 6.07) is 14.7. The van der Waals surface area contributed by atoms with Gasteiger partial charge in [0.25, 0.3) is 5.56 Å². The Hall–Kier alpha value is -2.02. The molecule has 5 nitrogen and oxygen atoms in total. The lowest BCUT2D eigenvalue weighted by atomic mass is 10.2. The van der Waals surface area contributed by atoms with Crippen molar-refractivity contribution in [2.45, 2.75) is 18.1 Å². The third-order valence-electron chi connectivity index (χ3n) is 3.94. The number of hydrogen-bond acceptors (Lipinski definition) is 5. The molecule has 0 aliphatic carbocycles. The van der Waals surface area contributed by atoms with E-state index in [9.17, 15) is 4.79 Å². The minimum absolute atomic E-state index is 0.0186. The summed E-state index contributed by atoms with van der Waals surface area (Å²) in [5.74, 6) is 1.40. The Morgan fingerprint density at radius 1 is 1.15 bits per heavy atom. The molecule has 0 bridgehead atoms. The lowest BCUT2D eigenvalue weighted by molar-refractivity contribution is 0.189. The van der Waals surface area contributed by atoms with Gasteiger partial charge in [0.15, 0.2) is 5.16 Å². The molecule has 0 atom stereocenters. The average Bonchev–Trinajstić information content (AvgIpc) is 2.67. The van der Waals surface area contributed by atoms with Gasteiger partial charge in [-0.25, -0.2) is 4.98 Å². The van der Waals surface area contributed by atoms with Crippen LogP contribution in [-0.2, 0) is 11.3 Å². The lowest BCUT2D eigenvalue weighted by Gasteiger charge is -2.13. The average molecular weight is 405 g/mol. The van der Waals surface area contributed by atoms with Crippen molar-refractivity contribution >= 4 is 34.3 Å². The molecule has 1 aromatic heterocycles. The first kappa shape index (κ1) is 19.7. The maximum atomic E-state index is 12.9. The molecular formula is C20H21ClN2O3S. The summed E-state index contributed by atoms with van der Waals surface area (Å²) in [6.07, 6.45) is 0.753. The van der Waals surface area contributed by atoms with Gasteiger partial charge in [-0.15, -0.1) is 0 Å². The van der Waals surface area contributed by atoms with Crippen LogP contribution in [0.4, 0.5) is 0 Å². The highest BCUT2D eigenvalue weighted by Gasteiger charge is 2.11. The molecular weight excluding hydrogens is 384 g/mol. The minimum atomic E-state index is -0.0186. The molecule has 0 N–H and O–H groups in total. The first-order chi connectivity index (χ1) is 13.2. The molecule has 3 aromatic rings. The van der Waals surface area contributed by atoms with Crippen LogP contribution in [0, 0.1) is 0 Å². The molecule has 0 aliphatic rings. The van der Waals surface area contributed by atoms with Crippen molar-refractivity contribution in [2.24, 2.45) is 0 Å². The summed E-state index contributed by atoms with van der Waals surface area (Å²) in [4.78, 5) is 17.5. The zero-order chi connectivity index (χ0) is 19.1. The van der Waals surface area contributed by atoms with Gasteiger partial charge in [0.1, 0.15) is 5.75 Å². The Morgan fingerprint density at radius 3 is 2.81 bits per heavy atom. The summed E-state index contributed by atoms with van der Waals surface area (Å²) in [5.41, 5.74) is 0.693. The van der Waals surface area contributed by atoms with E-state index < -0.39 is 0 Å². The summed E-state index contributed by atoms with van der Waals surface area (Å²) in [5, 5.41) is 1.97. The van der Waals surface area contributed by atoms with Gasteiger partial charge in [0.05, 0.1) is 17.5 Å². The number of para-hydroxylation sites is 1. The summed E-state index contributed by atoms with van der Waals surface area (Å²) < 4.78 is 12.6. The van der Waals surface area contributed by atoms with Crippen LogP contribution in [0.1, 0.15) is 6.42 Å². The van der Waals surface area contributed by atoms with Crippen molar-refractivity contribution in [3.63, 3.8) is 0 Å². The largest absolute Gasteiger partial charge is 0.493 e. The standard InChI is InChI=1S/C20H21ClN2O3S/c1-25-11-5-10-23-19(24)17-8-2-3-9-18(17)22-20(23)27-13-12-26-16-7-4-6-15(21)14-16/h2-4,6-9,14H,5,10-13H2,1H3. The number of nitrogens with zero attached hydrogens (tertiary/aromatic N) is 2. The number of ether oxygens (including phenoxy) is 2. The van der Waals surface area contributed by atoms with Crippen LogP contribution in [0.25, 0.3) is 10.9 Å². The van der Waals surface area contributed by atoms with Crippen LogP contribution in [0.3, 0.4) is 0 Å². The molecule has 27 heavy (non-hydrogen) atoms. The predicted octanol–water partition coefficient (Wildman–Crippen LogP) is 4.26. The SMILES string of the molecule is COCCCn1c(SCCOc2cccc(Cl)c2)nc2ccccc2c1=O. The Bertz CT molecular complexity index is 961. The molecule has 7 heteroatoms. The Kier molecular flexibility index (Phi) is 7.15. The predicted molar refractivity (Wildman–Crippen MR) is 110 cm³/mol. The van der Waals surface area contributed by atoms with E-state index in [1.165, 1.54) is 11.8 Å². The highest BCUT2D eigenvalue weighted by atomic mass is 35.5. The van der Waals surface area contributed by atoms with E-state index in [1.807, 2.05) is 36.4 Å². The van der Waals surface area contributed by atoms with Crippen molar-refractivity contribution < 1.29 is 9.47 Å². The quantitative estimate of drug-likeness (QED) is 0.303. The summed E-state index contributed by atoms with van der Waals surface area (Å²) in [6.45, 7) is 1.66. The van der Waals surface area contributed by atoms with Crippen molar-refractivity contribution in [1.82, 2.24) is 9.55 Å². The van der Waals surface area contributed by atoms with E-state index in [0.29, 0.717) is 46.6 Å². The Balaban J connectivity index is 1.73. The van der Waals surface area contributed by atoms with Crippen LogP contribution < -0.4 is 10.3 Å². The fourth-order valence-electron chi connectivity index (χ4n) is 2.67. The first-order valence-corrected chi connectivity index (χ1v) is 10.0. The van der Waals surface area contributed by atoms with Crippen LogP contribution in [0.2, 0.25) is 5.02 Å². The third-order valence-corrected chi connectivity index (χ3v) is 5.11. The van der Waals surface area contributed by atoms with Gasteiger partial charge in [-0.3, -0.25) is 9.36 Å². The van der Waals surface area contributed by atoms with Crippen LogP contribution >= 0.6 is 23.4 Å². The monoisotopic (exact) mass is 404 g/mol. The molecule has 1 heterocycles. The number of thioether (sulfide) groups is 1. The van der Waals surface area contributed by atoms with Crippen LogP contribution in [0.15, 0.2) is 58.5 Å². The smallest absolute Gasteiger partial charge is 0.262 e. The Morgan fingerprint density at radius 2 is 2.00 bits per heavy atom. The summed E-state index contributed by atoms with van der Waals surface area (Å²) in [7, 11) is 1.66. The third kappa shape index (κ3) is 5.25. The van der Waals surface area contributed by atoms with E-state index in [-0.39, 0.29) is 5.56 Å². The second-order valence-corrected chi connectivity index (χ2v) is 7.37. The zero-order valence-electron chi connectivity index (χ0n) is 15.1. The van der Waals surface area contributed by atoms with Crippen molar-refractivity contribution in [2.75, 3.05) is 26.1 Å². The van der Waals surface area contributed by atoms with E-state index in [2.05, 4.69) is 4.98 Å². The van der Waals surface area contributed by atoms with Gasteiger partial charge in [-0.2, -0.15) is 0 Å². The summed E-state index contributed by atoms with van der Waals surface area (Å²) >= 11 is 7.47. The second kappa shape index (κ2) is 9.78. The molecule has 142 valence electrons. The highest BCUT2D eigenvalue weighted by molar-refractivity contribution is 7.99. The number of benzene rings is 2. The van der Waals surface area contributed by atoms with E-state index >= 15 is 0 Å². The molecule has 2 aromatic carbocycles. The number of rotatable bonds is 9. The number of halogens is 1. The minimum Gasteiger partial charge on any atom is -0.493 e. The number of aromatic nitrogens is 2. The van der Waals surface area contributed by atoms with Gasteiger partial charge in [-0.1, -0.05) is 41.6 Å². The van der Waals surface area contributed by atoms with Crippen molar-refractivity contribution in [3.05, 3.63) is 63.9 Å². The van der Waals surface area contributed by atoms with Crippen LogP contribution in [-0.4, -0.2) is 35.6 Å². The molecule has 0 aliphatic heterocycles. The lowest BCUT2D eigenvalue weighted by Crippen LogP contribution is -2.24. The fourth-order valence-corrected chi connectivity index (χ4v) is 3.69. The molecule has 0 unspecified atom stereocenters. The normalized spacial score (nSPS) is 11.0. The Labute approximate surface area is 167 Å². The molecule has 0 saturated heterocycles. The number of methoxy groups -OCH3 is 1. The molecule has 0 amide bonds. The molecule has 0 spiro atoms. The van der Waals surface area contributed by atoms with E-state index in [1.54, 1.807) is 23.8 Å². The number of fused-ring (bicyclic) bond motifs is 1. The van der Waals surface area contributed by atoms with Gasteiger partial charge in [0.2, 0.25) is 0 Å². The van der Waals surface area contributed by atoms with Gasteiger partial charge in [0, 0.05) is 31.0 Å². The van der Waals surface area contributed by atoms with Gasteiger partial charge >= 0.3 is 0 Å². The second-order valence-electron chi connectivity index (χ2n) is 5.87. The fraction of sp³-hybridized carbons (Fsp3) is 0.300. The van der Waals surface area contributed by atoms with Crippen molar-refractivity contribution in [3.8, 4) is 5.75 Å². The van der Waals surface area contributed by atoms with E-state index in [4.69, 9.17) is 21.1 Å². The highest BCUT2D eigenvalue weighted by Crippen LogP contribution is 2.20. The van der Waals surface area contributed by atoms with E-state index in [0.717, 1.165) is 12.2 Å². The molecule has 3 rings (SSSR count). The maximum Gasteiger partial charge on any atom is 0.262 e.